The quantitative estimate of drug-likeness (QED) is 0.397. The number of carbonyl (C=O) groups is 3. The maximum atomic E-state index is 11.7. The average Bonchev–Trinajstić information content (AvgIpc) is 2.55. The Kier molecular flexibility index (Phi) is 9.67. The summed E-state index contributed by atoms with van der Waals surface area (Å²) < 4.78 is 15.9. The molecule has 25 heavy (non-hydrogen) atoms. The first-order valence-corrected chi connectivity index (χ1v) is 7.96. The minimum atomic E-state index is -0.772. The summed E-state index contributed by atoms with van der Waals surface area (Å²) in [6.45, 7) is 17.0. The maximum absolute atomic E-state index is 11.7. The van der Waals surface area contributed by atoms with Gasteiger partial charge in [0.1, 0.15) is 19.8 Å². The van der Waals surface area contributed by atoms with E-state index in [4.69, 9.17) is 14.2 Å². The van der Waals surface area contributed by atoms with E-state index >= 15 is 0 Å². The van der Waals surface area contributed by atoms with E-state index in [2.05, 4.69) is 19.7 Å². The Balaban J connectivity index is 5.01. The standard InChI is InChI=1S/C19H28O6/c1-8-19(11-24-17(21)14(4)5,12-25-18(22)15(6)7)10-23-9-16(20)13(2)3/h2,4,6,8-12H2,1,3,5,7H3. The Morgan fingerprint density at radius 1 is 0.800 bits per heavy atom. The summed E-state index contributed by atoms with van der Waals surface area (Å²) in [6, 6.07) is 0. The summed E-state index contributed by atoms with van der Waals surface area (Å²) in [4.78, 5) is 35.0. The van der Waals surface area contributed by atoms with E-state index in [1.807, 2.05) is 6.92 Å². The van der Waals surface area contributed by atoms with Gasteiger partial charge in [-0.2, -0.15) is 0 Å². The minimum Gasteiger partial charge on any atom is -0.462 e. The van der Waals surface area contributed by atoms with Crippen LogP contribution in [0.3, 0.4) is 0 Å². The van der Waals surface area contributed by atoms with Gasteiger partial charge in [-0.05, 0) is 32.8 Å². The monoisotopic (exact) mass is 352 g/mol. The molecule has 0 saturated heterocycles. The van der Waals surface area contributed by atoms with E-state index in [1.54, 1.807) is 20.8 Å². The predicted octanol–water partition coefficient (Wildman–Crippen LogP) is 2.78. The Bertz CT molecular complexity index is 528. The molecule has 0 amide bonds. The van der Waals surface area contributed by atoms with Crippen molar-refractivity contribution in [2.45, 2.75) is 34.1 Å². The topological polar surface area (TPSA) is 78.9 Å². The van der Waals surface area contributed by atoms with Crippen molar-refractivity contribution in [2.75, 3.05) is 26.4 Å². The molecule has 6 heteroatoms. The van der Waals surface area contributed by atoms with Gasteiger partial charge in [0.15, 0.2) is 5.78 Å². The molecular formula is C19H28O6. The molecule has 0 unspecified atom stereocenters. The molecule has 6 nitrogen and oxygen atoms in total. The molecule has 0 atom stereocenters. The number of Topliss-reactive ketones (excluding diaryl/α,β-unsaturated/α-hetero) is 1. The first-order chi connectivity index (χ1) is 11.5. The fourth-order valence-electron chi connectivity index (χ4n) is 1.60. The molecule has 0 aromatic heterocycles. The molecule has 0 bridgehead atoms. The van der Waals surface area contributed by atoms with Gasteiger partial charge in [0, 0.05) is 11.1 Å². The third kappa shape index (κ3) is 8.44. The summed E-state index contributed by atoms with van der Waals surface area (Å²) in [5.74, 6) is -1.30. The van der Waals surface area contributed by atoms with Gasteiger partial charge in [0.05, 0.1) is 12.0 Å². The van der Waals surface area contributed by atoms with Crippen LogP contribution in [0.15, 0.2) is 36.5 Å². The SMILES string of the molecule is C=C(C)C(=O)COCC(CC)(COC(=O)C(=C)C)COC(=O)C(=C)C. The van der Waals surface area contributed by atoms with Crippen LogP contribution in [-0.4, -0.2) is 44.1 Å². The van der Waals surface area contributed by atoms with Crippen molar-refractivity contribution in [1.29, 1.82) is 0 Å². The molecule has 0 aliphatic carbocycles. The van der Waals surface area contributed by atoms with Gasteiger partial charge in [-0.25, -0.2) is 9.59 Å². The summed E-state index contributed by atoms with van der Waals surface area (Å²) in [5, 5.41) is 0. The summed E-state index contributed by atoms with van der Waals surface area (Å²) >= 11 is 0. The number of ketones is 1. The molecule has 0 saturated carbocycles. The van der Waals surface area contributed by atoms with Crippen LogP contribution in [0.5, 0.6) is 0 Å². The van der Waals surface area contributed by atoms with Crippen molar-refractivity contribution in [3.63, 3.8) is 0 Å². The van der Waals surface area contributed by atoms with Crippen molar-refractivity contribution in [3.8, 4) is 0 Å². The van der Waals surface area contributed by atoms with Crippen LogP contribution in [0.25, 0.3) is 0 Å². The van der Waals surface area contributed by atoms with Crippen molar-refractivity contribution >= 4 is 17.7 Å². The second-order valence-electron chi connectivity index (χ2n) is 6.26. The van der Waals surface area contributed by atoms with Gasteiger partial charge in [0.2, 0.25) is 0 Å². The molecule has 0 N–H and O–H groups in total. The normalized spacial score (nSPS) is 10.7. The molecule has 0 aromatic rings. The lowest BCUT2D eigenvalue weighted by atomic mass is 9.88. The third-order valence-corrected chi connectivity index (χ3v) is 3.58. The zero-order chi connectivity index (χ0) is 19.6. The van der Waals surface area contributed by atoms with E-state index in [1.165, 1.54) is 0 Å². The van der Waals surface area contributed by atoms with E-state index in [0.29, 0.717) is 12.0 Å². The lowest BCUT2D eigenvalue weighted by molar-refractivity contribution is -0.154. The summed E-state index contributed by atoms with van der Waals surface area (Å²) in [5.41, 5.74) is 0.153. The number of esters is 2. The summed E-state index contributed by atoms with van der Waals surface area (Å²) in [7, 11) is 0. The Labute approximate surface area is 149 Å². The van der Waals surface area contributed by atoms with Gasteiger partial charge in [-0.15, -0.1) is 0 Å². The van der Waals surface area contributed by atoms with Crippen LogP contribution < -0.4 is 0 Å². The molecule has 0 fully saturated rings. The van der Waals surface area contributed by atoms with E-state index in [-0.39, 0.29) is 43.4 Å². The third-order valence-electron chi connectivity index (χ3n) is 3.58. The molecule has 0 aromatic carbocycles. The van der Waals surface area contributed by atoms with Crippen molar-refractivity contribution in [3.05, 3.63) is 36.5 Å². The molecular weight excluding hydrogens is 324 g/mol. The number of hydrogen-bond acceptors (Lipinski definition) is 6. The van der Waals surface area contributed by atoms with E-state index in [0.717, 1.165) is 0 Å². The molecule has 0 aliphatic rings. The maximum Gasteiger partial charge on any atom is 0.333 e. The Morgan fingerprint density at radius 2 is 1.24 bits per heavy atom. The van der Waals surface area contributed by atoms with Crippen LogP contribution in [0.2, 0.25) is 0 Å². The predicted molar refractivity (Wildman–Crippen MR) is 94.9 cm³/mol. The molecule has 0 spiro atoms. The van der Waals surface area contributed by atoms with Crippen molar-refractivity contribution in [2.24, 2.45) is 5.41 Å². The average molecular weight is 352 g/mol. The highest BCUT2D eigenvalue weighted by Gasteiger charge is 2.33. The first-order valence-electron chi connectivity index (χ1n) is 7.96. The number of ether oxygens (including phenoxy) is 3. The highest BCUT2D eigenvalue weighted by Crippen LogP contribution is 2.25. The van der Waals surface area contributed by atoms with Crippen LogP contribution in [0, 0.1) is 5.41 Å². The smallest absolute Gasteiger partial charge is 0.333 e. The largest absolute Gasteiger partial charge is 0.462 e. The lowest BCUT2D eigenvalue weighted by Crippen LogP contribution is -2.39. The number of rotatable bonds is 12. The first kappa shape index (κ1) is 22.8. The number of carbonyl (C=O) groups excluding carboxylic acids is 3. The molecule has 140 valence electrons. The van der Waals surface area contributed by atoms with Crippen molar-refractivity contribution in [1.82, 2.24) is 0 Å². The van der Waals surface area contributed by atoms with Gasteiger partial charge in [-0.3, -0.25) is 4.79 Å². The molecule has 0 aliphatic heterocycles. The van der Waals surface area contributed by atoms with Crippen molar-refractivity contribution < 1.29 is 28.6 Å². The minimum absolute atomic E-state index is 0.0279. The van der Waals surface area contributed by atoms with Crippen LogP contribution in [0.4, 0.5) is 0 Å². The van der Waals surface area contributed by atoms with Gasteiger partial charge in [0.25, 0.3) is 0 Å². The number of hydrogen-bond donors (Lipinski definition) is 0. The fraction of sp³-hybridized carbons (Fsp3) is 0.526. The second-order valence-corrected chi connectivity index (χ2v) is 6.26. The lowest BCUT2D eigenvalue weighted by Gasteiger charge is -2.31. The van der Waals surface area contributed by atoms with Crippen LogP contribution in [0.1, 0.15) is 34.1 Å². The van der Waals surface area contributed by atoms with E-state index in [9.17, 15) is 14.4 Å². The molecule has 0 radical (unpaired) electrons. The Morgan fingerprint density at radius 3 is 1.56 bits per heavy atom. The highest BCUT2D eigenvalue weighted by atomic mass is 16.6. The van der Waals surface area contributed by atoms with Gasteiger partial charge in [-0.1, -0.05) is 26.7 Å². The highest BCUT2D eigenvalue weighted by molar-refractivity contribution is 5.95. The molecule has 0 heterocycles. The van der Waals surface area contributed by atoms with E-state index < -0.39 is 17.4 Å². The van der Waals surface area contributed by atoms with Gasteiger partial charge >= 0.3 is 11.9 Å². The summed E-state index contributed by atoms with van der Waals surface area (Å²) in [6.07, 6.45) is 0.501. The zero-order valence-corrected chi connectivity index (χ0v) is 15.6. The fourth-order valence-corrected chi connectivity index (χ4v) is 1.60. The Hall–Kier alpha value is -2.21. The van der Waals surface area contributed by atoms with Gasteiger partial charge < -0.3 is 14.2 Å². The zero-order valence-electron chi connectivity index (χ0n) is 15.6. The van der Waals surface area contributed by atoms with Crippen LogP contribution >= 0.6 is 0 Å². The second kappa shape index (κ2) is 10.6. The molecule has 0 rings (SSSR count). The van der Waals surface area contributed by atoms with Crippen LogP contribution in [-0.2, 0) is 28.6 Å².